The minimum absolute atomic E-state index is 0.105. The topological polar surface area (TPSA) is 51.7 Å². The quantitative estimate of drug-likeness (QED) is 0.494. The summed E-state index contributed by atoms with van der Waals surface area (Å²) in [7, 11) is 1.49. The second-order valence-corrected chi connectivity index (χ2v) is 7.26. The number of hydrogen-bond acceptors (Lipinski definition) is 5. The van der Waals surface area contributed by atoms with E-state index in [1.165, 1.54) is 18.4 Å². The number of aromatic nitrogens is 1. The highest BCUT2D eigenvalue weighted by atomic mass is 32.1. The molecule has 3 aromatic rings. The Morgan fingerprint density at radius 3 is 2.57 bits per heavy atom. The molecule has 5 nitrogen and oxygen atoms in total. The van der Waals surface area contributed by atoms with Crippen LogP contribution in [0.25, 0.3) is 10.6 Å². The van der Waals surface area contributed by atoms with Gasteiger partial charge in [0.1, 0.15) is 28.9 Å². The molecule has 30 heavy (non-hydrogen) atoms. The number of thiazole rings is 1. The number of carbonyl (C=O) groups is 1. The largest absolute Gasteiger partial charge is 0.493 e. The number of hydrogen-bond donors (Lipinski definition) is 0. The van der Waals surface area contributed by atoms with Gasteiger partial charge in [0.15, 0.2) is 11.5 Å². The number of benzene rings is 2. The van der Waals surface area contributed by atoms with Gasteiger partial charge in [-0.05, 0) is 50.2 Å². The van der Waals surface area contributed by atoms with Gasteiger partial charge in [-0.1, -0.05) is 0 Å². The van der Waals surface area contributed by atoms with Crippen molar-refractivity contribution in [3.8, 4) is 22.1 Å². The molecule has 0 atom stereocenters. The predicted molar refractivity (Wildman–Crippen MR) is 112 cm³/mol. The van der Waals surface area contributed by atoms with E-state index in [4.69, 9.17) is 9.47 Å². The van der Waals surface area contributed by atoms with Crippen molar-refractivity contribution in [1.29, 1.82) is 0 Å². The third-order valence-electron chi connectivity index (χ3n) is 4.58. The molecule has 1 amide bonds. The van der Waals surface area contributed by atoms with Crippen molar-refractivity contribution in [3.05, 3.63) is 64.7 Å². The minimum Gasteiger partial charge on any atom is -0.493 e. The predicted octanol–water partition coefficient (Wildman–Crippen LogP) is 5.16. The molecular formula is C22H22F2N2O3S. The molecule has 0 spiro atoms. The first-order chi connectivity index (χ1) is 14.5. The molecular weight excluding hydrogens is 410 g/mol. The molecule has 0 aliphatic heterocycles. The van der Waals surface area contributed by atoms with Gasteiger partial charge in [-0.15, -0.1) is 11.3 Å². The summed E-state index contributed by atoms with van der Waals surface area (Å²) >= 11 is 1.36. The summed E-state index contributed by atoms with van der Waals surface area (Å²) in [6, 6.07) is 8.42. The fourth-order valence-electron chi connectivity index (χ4n) is 2.91. The van der Waals surface area contributed by atoms with Crippen LogP contribution in [0.5, 0.6) is 11.5 Å². The van der Waals surface area contributed by atoms with Gasteiger partial charge < -0.3 is 14.4 Å². The van der Waals surface area contributed by atoms with Crippen molar-refractivity contribution < 1.29 is 23.0 Å². The van der Waals surface area contributed by atoms with E-state index in [2.05, 4.69) is 4.98 Å². The van der Waals surface area contributed by atoms with Gasteiger partial charge in [-0.3, -0.25) is 4.79 Å². The zero-order valence-electron chi connectivity index (χ0n) is 16.9. The second kappa shape index (κ2) is 9.67. The molecule has 2 aromatic carbocycles. The summed E-state index contributed by atoms with van der Waals surface area (Å²) in [5.74, 6) is -0.361. The van der Waals surface area contributed by atoms with E-state index in [0.29, 0.717) is 35.3 Å². The highest BCUT2D eigenvalue weighted by Gasteiger charge is 2.17. The average Bonchev–Trinajstić information content (AvgIpc) is 3.25. The van der Waals surface area contributed by atoms with Crippen molar-refractivity contribution in [2.24, 2.45) is 0 Å². The zero-order chi connectivity index (χ0) is 21.7. The lowest BCUT2D eigenvalue weighted by atomic mass is 10.2. The summed E-state index contributed by atoms with van der Waals surface area (Å²) in [5, 5.41) is 2.41. The van der Waals surface area contributed by atoms with E-state index in [0.717, 1.165) is 23.8 Å². The van der Waals surface area contributed by atoms with Crippen molar-refractivity contribution >= 4 is 17.2 Å². The standard InChI is InChI=1S/C22H22F2N2O3S/c1-4-26(5-2)22(27)18-13-30-21(25-18)14-6-9-19(20(11-14)28-3)29-12-15-10-16(23)7-8-17(15)24/h6-11,13H,4-5,12H2,1-3H3. The Bertz CT molecular complexity index is 1030. The molecule has 0 aliphatic rings. The summed E-state index contributed by atoms with van der Waals surface area (Å²) in [4.78, 5) is 18.6. The molecule has 0 fully saturated rings. The summed E-state index contributed by atoms with van der Waals surface area (Å²) in [6.45, 7) is 4.95. The maximum absolute atomic E-state index is 13.8. The number of halogens is 2. The Morgan fingerprint density at radius 2 is 1.87 bits per heavy atom. The number of methoxy groups -OCH3 is 1. The number of rotatable bonds is 8. The molecule has 1 heterocycles. The third-order valence-corrected chi connectivity index (χ3v) is 5.47. The fourth-order valence-corrected chi connectivity index (χ4v) is 3.70. The Labute approximate surface area is 177 Å². The van der Waals surface area contributed by atoms with E-state index in [-0.39, 0.29) is 18.1 Å². The van der Waals surface area contributed by atoms with Crippen molar-refractivity contribution in [1.82, 2.24) is 9.88 Å². The SMILES string of the molecule is CCN(CC)C(=O)c1csc(-c2ccc(OCc3cc(F)ccc3F)c(OC)c2)n1. The highest BCUT2D eigenvalue weighted by molar-refractivity contribution is 7.13. The fraction of sp³-hybridized carbons (Fsp3) is 0.273. The maximum atomic E-state index is 13.8. The van der Waals surface area contributed by atoms with Crippen molar-refractivity contribution in [2.75, 3.05) is 20.2 Å². The number of ether oxygens (including phenoxy) is 2. The normalized spacial score (nSPS) is 10.7. The van der Waals surface area contributed by atoms with Crippen LogP contribution in [0.1, 0.15) is 29.9 Å². The second-order valence-electron chi connectivity index (χ2n) is 6.41. The molecule has 0 radical (unpaired) electrons. The lowest BCUT2D eigenvalue weighted by Gasteiger charge is -2.16. The van der Waals surface area contributed by atoms with Crippen molar-refractivity contribution in [3.63, 3.8) is 0 Å². The van der Waals surface area contributed by atoms with Crippen LogP contribution in [-0.2, 0) is 6.61 Å². The van der Waals surface area contributed by atoms with Gasteiger partial charge >= 0.3 is 0 Å². The molecule has 0 bridgehead atoms. The third kappa shape index (κ3) is 4.76. The van der Waals surface area contributed by atoms with Crippen LogP contribution in [0.3, 0.4) is 0 Å². The van der Waals surface area contributed by atoms with E-state index >= 15 is 0 Å². The summed E-state index contributed by atoms with van der Waals surface area (Å²) in [6.07, 6.45) is 0. The molecule has 1 aromatic heterocycles. The summed E-state index contributed by atoms with van der Waals surface area (Å²) in [5.41, 5.74) is 1.28. The van der Waals surface area contributed by atoms with Crippen LogP contribution in [0.15, 0.2) is 41.8 Å². The highest BCUT2D eigenvalue weighted by Crippen LogP contribution is 2.34. The average molecular weight is 432 g/mol. The maximum Gasteiger partial charge on any atom is 0.273 e. The lowest BCUT2D eigenvalue weighted by Crippen LogP contribution is -2.30. The zero-order valence-corrected chi connectivity index (χ0v) is 17.8. The van der Waals surface area contributed by atoms with Gasteiger partial charge in [-0.25, -0.2) is 13.8 Å². The van der Waals surface area contributed by atoms with Gasteiger partial charge in [0, 0.05) is 29.6 Å². The van der Waals surface area contributed by atoms with E-state index in [1.807, 2.05) is 13.8 Å². The van der Waals surface area contributed by atoms with Crippen LogP contribution in [0.2, 0.25) is 0 Å². The Hall–Kier alpha value is -3.00. The first-order valence-corrected chi connectivity index (χ1v) is 10.3. The summed E-state index contributed by atoms with van der Waals surface area (Å²) < 4.78 is 38.2. The van der Waals surface area contributed by atoms with E-state index in [9.17, 15) is 13.6 Å². The molecule has 0 N–H and O–H groups in total. The van der Waals surface area contributed by atoms with Crippen LogP contribution in [-0.4, -0.2) is 36.0 Å². The van der Waals surface area contributed by atoms with Gasteiger partial charge in [0.05, 0.1) is 7.11 Å². The molecule has 8 heteroatoms. The monoisotopic (exact) mass is 432 g/mol. The van der Waals surface area contributed by atoms with Gasteiger partial charge in [0.25, 0.3) is 5.91 Å². The number of nitrogens with zero attached hydrogens (tertiary/aromatic N) is 2. The molecule has 0 saturated carbocycles. The Balaban J connectivity index is 1.79. The van der Waals surface area contributed by atoms with Gasteiger partial charge in [-0.2, -0.15) is 0 Å². The smallest absolute Gasteiger partial charge is 0.273 e. The minimum atomic E-state index is -0.542. The number of carbonyl (C=O) groups excluding carboxylic acids is 1. The lowest BCUT2D eigenvalue weighted by molar-refractivity contribution is 0.0768. The first-order valence-electron chi connectivity index (χ1n) is 9.46. The Morgan fingerprint density at radius 1 is 1.10 bits per heavy atom. The molecule has 0 saturated heterocycles. The molecule has 0 unspecified atom stereocenters. The Kier molecular flexibility index (Phi) is 6.99. The van der Waals surface area contributed by atoms with Crippen LogP contribution < -0.4 is 9.47 Å². The van der Waals surface area contributed by atoms with Gasteiger partial charge in [0.2, 0.25) is 0 Å². The first kappa shape index (κ1) is 21.7. The van der Waals surface area contributed by atoms with E-state index in [1.54, 1.807) is 28.5 Å². The van der Waals surface area contributed by atoms with Crippen LogP contribution in [0.4, 0.5) is 8.78 Å². The molecule has 158 valence electrons. The van der Waals surface area contributed by atoms with Crippen LogP contribution in [0, 0.1) is 11.6 Å². The molecule has 0 aliphatic carbocycles. The number of amides is 1. The van der Waals surface area contributed by atoms with E-state index < -0.39 is 11.6 Å². The van der Waals surface area contributed by atoms with Crippen molar-refractivity contribution in [2.45, 2.75) is 20.5 Å². The molecule has 3 rings (SSSR count). The van der Waals surface area contributed by atoms with Crippen LogP contribution >= 0.6 is 11.3 Å².